The van der Waals surface area contributed by atoms with Gasteiger partial charge in [-0.3, -0.25) is 4.79 Å². The van der Waals surface area contributed by atoms with Crippen molar-refractivity contribution in [3.05, 3.63) is 11.6 Å². The Labute approximate surface area is 380 Å². The first-order valence-electron chi connectivity index (χ1n) is 23.9. The fraction of sp³-hybridized carbons (Fsp3) is 0.936. The van der Waals surface area contributed by atoms with E-state index in [-0.39, 0.29) is 35.2 Å². The Morgan fingerprint density at radius 2 is 1.31 bits per heavy atom. The van der Waals surface area contributed by atoms with Crippen molar-refractivity contribution in [3.63, 3.8) is 0 Å². The number of aliphatic hydroxyl groups excluding tert-OH is 10. The van der Waals surface area contributed by atoms with E-state index >= 15 is 0 Å². The summed E-state index contributed by atoms with van der Waals surface area (Å²) in [5, 5.41) is 117. The Kier molecular flexibility index (Phi) is 13.4. The molecule has 3 heterocycles. The summed E-state index contributed by atoms with van der Waals surface area (Å²) >= 11 is 0. The molecule has 0 amide bonds. The van der Waals surface area contributed by atoms with Crippen LogP contribution >= 0.6 is 0 Å². The molecule has 0 spiro atoms. The number of hydrogen-bond acceptors (Lipinski definition) is 18. The van der Waals surface area contributed by atoms with Crippen LogP contribution in [0.15, 0.2) is 11.6 Å². The number of carbonyl (C=O) groups is 1. The lowest BCUT2D eigenvalue weighted by Crippen LogP contribution is -2.68. The summed E-state index contributed by atoms with van der Waals surface area (Å²) in [5.74, 6) is -1.06. The molecule has 18 heteroatoms. The highest BCUT2D eigenvalue weighted by molar-refractivity contribution is 5.79. The summed E-state index contributed by atoms with van der Waals surface area (Å²) in [6.07, 6.45) is -13.6. The predicted octanol–water partition coefficient (Wildman–Crippen LogP) is -0.250. The van der Waals surface area contributed by atoms with Crippen LogP contribution < -0.4 is 0 Å². The third-order valence-electron chi connectivity index (χ3n) is 19.3. The van der Waals surface area contributed by atoms with Crippen LogP contribution in [0.4, 0.5) is 0 Å². The lowest BCUT2D eigenvalue weighted by atomic mass is 9.33. The van der Waals surface area contributed by atoms with Crippen LogP contribution in [0.1, 0.15) is 106 Å². The van der Waals surface area contributed by atoms with Crippen LogP contribution in [-0.4, -0.2) is 180 Å². The smallest absolute Gasteiger partial charge is 0.315 e. The van der Waals surface area contributed by atoms with E-state index in [9.17, 15) is 61.0 Å². The van der Waals surface area contributed by atoms with Crippen LogP contribution in [0, 0.1) is 50.7 Å². The molecule has 65 heavy (non-hydrogen) atoms. The predicted molar refractivity (Wildman–Crippen MR) is 226 cm³/mol. The Balaban J connectivity index is 1.05. The highest BCUT2D eigenvalue weighted by Crippen LogP contribution is 2.76. The Morgan fingerprint density at radius 3 is 1.94 bits per heavy atom. The minimum absolute atomic E-state index is 0.154. The number of carbonyl (C=O) groups excluding carboxylic acids is 1. The van der Waals surface area contributed by atoms with E-state index in [4.69, 9.17) is 28.4 Å². The fourth-order valence-electron chi connectivity index (χ4n) is 15.0. The lowest BCUT2D eigenvalue weighted by Gasteiger charge is -2.72. The van der Waals surface area contributed by atoms with E-state index in [2.05, 4.69) is 40.7 Å². The van der Waals surface area contributed by atoms with Crippen molar-refractivity contribution in [3.8, 4) is 0 Å². The molecule has 24 atom stereocenters. The van der Waals surface area contributed by atoms with Gasteiger partial charge in [0.1, 0.15) is 67.1 Å². The van der Waals surface area contributed by atoms with E-state index in [0.717, 1.165) is 24.8 Å². The molecule has 7 fully saturated rings. The van der Waals surface area contributed by atoms with Gasteiger partial charge in [-0.1, -0.05) is 53.2 Å². The molecule has 8 rings (SSSR count). The van der Waals surface area contributed by atoms with Crippen LogP contribution in [0.3, 0.4) is 0 Å². The van der Waals surface area contributed by atoms with Gasteiger partial charge < -0.3 is 84.6 Å². The highest BCUT2D eigenvalue weighted by atomic mass is 16.8. The van der Waals surface area contributed by atoms with Gasteiger partial charge >= 0.3 is 5.97 Å². The van der Waals surface area contributed by atoms with Gasteiger partial charge in [-0.15, -0.1) is 0 Å². The van der Waals surface area contributed by atoms with Gasteiger partial charge in [-0.2, -0.15) is 0 Å². The highest BCUT2D eigenvalue weighted by Gasteiger charge is 2.72. The number of fused-ring (bicyclic) bond motifs is 7. The monoisotopic (exact) mass is 929 g/mol. The van der Waals surface area contributed by atoms with E-state index in [1.807, 2.05) is 13.8 Å². The van der Waals surface area contributed by atoms with Crippen molar-refractivity contribution in [1.82, 2.24) is 0 Å². The second kappa shape index (κ2) is 17.5. The standard InChI is InChI=1S/C47H76O18/c1-21-10-15-47(41(58)65-39-35(57)33(55)31(53)25(19-49)62-39)17-16-44(5)22(37(47)46(21,7)59)8-9-27-43(4)13-12-28(42(2,3)26(43)11-14-45(27,44)6)63-40-36(29(51)23(50)20-60-40)64-38-34(56)32(54)30(52)24(18-48)61-38/h8,21,23-40,48-57,59H,9-20H2,1-7H3/t21-,23-,24+,25+,26+,27-,28+,29+,30+,31-,32+,33-,34+,35+,36+,37-,38+,39-,40+,43-,44-,45-,46+,47-/m0/s1. The van der Waals surface area contributed by atoms with E-state index in [1.54, 1.807) is 0 Å². The first-order valence-corrected chi connectivity index (χ1v) is 23.9. The van der Waals surface area contributed by atoms with E-state index in [1.165, 1.54) is 0 Å². The SMILES string of the molecule is C[C@H]1CC[C@]2(C(=O)O[C@@H]3O[C@H](CO)[C@H](O)[C@H](O)[C@H]3O)CC[C@@]3(C)C(=CC[C@H]4[C@@]5(C)CC[C@@H](O[C@H]6OC[C@H](O)[C@@H](O)[C@H]6O[C@H]6O[C@H](CO)[C@@H](O)[C@@H](O)[C@H]6O)C(C)(C)[C@H]5CC[C@@]43C)[C@H]2[C@]1(C)O. The van der Waals surface area contributed by atoms with Crippen molar-refractivity contribution in [2.75, 3.05) is 19.8 Å². The van der Waals surface area contributed by atoms with Crippen LogP contribution in [0.5, 0.6) is 0 Å². The summed E-state index contributed by atoms with van der Waals surface area (Å²) in [6, 6.07) is 0. The van der Waals surface area contributed by atoms with Crippen molar-refractivity contribution < 1.29 is 89.4 Å². The molecule has 0 aromatic heterocycles. The van der Waals surface area contributed by atoms with E-state index in [0.29, 0.717) is 38.5 Å². The molecule has 0 aromatic rings. The number of ether oxygens (including phenoxy) is 6. The van der Waals surface area contributed by atoms with Crippen LogP contribution in [-0.2, 0) is 33.2 Å². The number of aliphatic hydroxyl groups is 11. The Morgan fingerprint density at radius 1 is 0.692 bits per heavy atom. The second-order valence-corrected chi connectivity index (χ2v) is 22.7. The zero-order valence-corrected chi connectivity index (χ0v) is 38.8. The number of allylic oxidation sites excluding steroid dienone is 1. The molecule has 0 radical (unpaired) electrons. The maximum Gasteiger partial charge on any atom is 0.315 e. The van der Waals surface area contributed by atoms with Gasteiger partial charge in [-0.25, -0.2) is 0 Å². The van der Waals surface area contributed by atoms with Crippen molar-refractivity contribution >= 4 is 5.97 Å². The van der Waals surface area contributed by atoms with Gasteiger partial charge in [0.05, 0.1) is 36.9 Å². The largest absolute Gasteiger partial charge is 0.432 e. The summed E-state index contributed by atoms with van der Waals surface area (Å²) in [7, 11) is 0. The minimum Gasteiger partial charge on any atom is -0.432 e. The molecule has 3 aliphatic heterocycles. The Bertz CT molecular complexity index is 1770. The van der Waals surface area contributed by atoms with Crippen molar-refractivity contribution in [2.24, 2.45) is 50.7 Å². The van der Waals surface area contributed by atoms with Gasteiger partial charge in [0.25, 0.3) is 0 Å². The van der Waals surface area contributed by atoms with Gasteiger partial charge in [0.2, 0.25) is 6.29 Å². The van der Waals surface area contributed by atoms with Crippen molar-refractivity contribution in [1.29, 1.82) is 0 Å². The maximum atomic E-state index is 14.7. The molecule has 0 aromatic carbocycles. The first kappa shape index (κ1) is 50.0. The lowest BCUT2D eigenvalue weighted by molar-refractivity contribution is -0.367. The summed E-state index contributed by atoms with van der Waals surface area (Å²) in [6.45, 7) is 13.7. The van der Waals surface area contributed by atoms with Gasteiger partial charge in [0.15, 0.2) is 12.6 Å². The Hall–Kier alpha value is -1.43. The summed E-state index contributed by atoms with van der Waals surface area (Å²) < 4.78 is 35.9. The molecular formula is C47H76O18. The average Bonchev–Trinajstić information content (AvgIpc) is 3.25. The van der Waals surface area contributed by atoms with Crippen LogP contribution in [0.25, 0.3) is 0 Å². The topological polar surface area (TPSA) is 295 Å². The van der Waals surface area contributed by atoms with Crippen molar-refractivity contribution in [2.45, 2.75) is 204 Å². The van der Waals surface area contributed by atoms with Crippen LogP contribution in [0.2, 0.25) is 0 Å². The molecule has 372 valence electrons. The number of rotatable bonds is 8. The summed E-state index contributed by atoms with van der Waals surface area (Å²) in [5.41, 5.74) is -2.75. The number of esters is 1. The van der Waals surface area contributed by atoms with Gasteiger partial charge in [-0.05, 0) is 104 Å². The molecule has 3 saturated heterocycles. The second-order valence-electron chi connectivity index (χ2n) is 22.7. The maximum absolute atomic E-state index is 14.7. The minimum atomic E-state index is -1.75. The molecule has 0 unspecified atom stereocenters. The average molecular weight is 929 g/mol. The van der Waals surface area contributed by atoms with E-state index < -0.39 is 139 Å². The quantitative estimate of drug-likeness (QED) is 0.0850. The zero-order chi connectivity index (χ0) is 47.6. The molecule has 8 aliphatic rings. The van der Waals surface area contributed by atoms with Gasteiger partial charge in [0, 0.05) is 5.92 Å². The summed E-state index contributed by atoms with van der Waals surface area (Å²) in [4.78, 5) is 14.7. The first-order chi connectivity index (χ1) is 30.3. The number of hydrogen-bond donors (Lipinski definition) is 11. The molecule has 5 aliphatic carbocycles. The fourth-order valence-corrected chi connectivity index (χ4v) is 15.0. The third kappa shape index (κ3) is 7.53. The normalized spacial score (nSPS) is 55.4. The molecule has 4 saturated carbocycles. The third-order valence-corrected chi connectivity index (χ3v) is 19.3. The molecule has 11 N–H and O–H groups in total. The molecular weight excluding hydrogens is 852 g/mol. The molecule has 0 bridgehead atoms. The zero-order valence-electron chi connectivity index (χ0n) is 38.8. The molecule has 18 nitrogen and oxygen atoms in total.